The minimum Gasteiger partial charge on any atom is -0.299 e. The number of hydrogen-bond acceptors (Lipinski definition) is 3. The molecular formula is C26H28FNOS. The molecule has 0 aliphatic heterocycles. The van der Waals surface area contributed by atoms with Gasteiger partial charge in [0.2, 0.25) is 0 Å². The maximum absolute atomic E-state index is 13.4. The molecule has 6 rings (SSSR count). The molecule has 0 radical (unpaired) electrons. The van der Waals surface area contributed by atoms with Crippen molar-refractivity contribution < 1.29 is 9.18 Å². The Morgan fingerprint density at radius 2 is 1.80 bits per heavy atom. The number of nitrogens with zero attached hydrogens (tertiary/aromatic N) is 1. The molecule has 0 amide bonds. The smallest absolute Gasteiger partial charge is 0.139 e. The van der Waals surface area contributed by atoms with Gasteiger partial charge in [-0.25, -0.2) is 9.37 Å². The Morgan fingerprint density at radius 1 is 1.03 bits per heavy atom. The number of halogens is 1. The molecule has 30 heavy (non-hydrogen) atoms. The first-order valence-corrected chi connectivity index (χ1v) is 12.2. The average molecular weight is 422 g/mol. The van der Waals surface area contributed by atoms with Crippen LogP contribution in [0.15, 0.2) is 30.3 Å². The highest BCUT2D eigenvalue weighted by Crippen LogP contribution is 2.65. The highest BCUT2D eigenvalue weighted by atomic mass is 32.1. The quantitative estimate of drug-likeness (QED) is 0.513. The highest BCUT2D eigenvalue weighted by molar-refractivity contribution is 7.16. The molecule has 4 heteroatoms. The van der Waals surface area contributed by atoms with Crippen molar-refractivity contribution in [3.63, 3.8) is 0 Å². The minimum absolute atomic E-state index is 0.0665. The third kappa shape index (κ3) is 2.46. The summed E-state index contributed by atoms with van der Waals surface area (Å²) in [6, 6.07) is 6.71. The molecule has 0 unspecified atom stereocenters. The van der Waals surface area contributed by atoms with Crippen molar-refractivity contribution in [3.8, 4) is 10.6 Å². The molecule has 0 spiro atoms. The normalized spacial score (nSPS) is 37.1. The summed E-state index contributed by atoms with van der Waals surface area (Å²) in [6.07, 6.45) is 9.90. The van der Waals surface area contributed by atoms with Gasteiger partial charge in [-0.2, -0.15) is 0 Å². The first-order valence-electron chi connectivity index (χ1n) is 11.4. The van der Waals surface area contributed by atoms with Crippen LogP contribution in [0.3, 0.4) is 0 Å². The number of carbonyl (C=O) groups excluding carboxylic acids is 1. The summed E-state index contributed by atoms with van der Waals surface area (Å²) in [4.78, 5) is 19.0. The number of ketones is 1. The second-order valence-electron chi connectivity index (χ2n) is 10.4. The van der Waals surface area contributed by atoms with Crippen LogP contribution in [0.1, 0.15) is 62.9 Å². The van der Waals surface area contributed by atoms with E-state index < -0.39 is 0 Å². The van der Waals surface area contributed by atoms with Gasteiger partial charge in [-0.15, -0.1) is 11.3 Å². The predicted molar refractivity (Wildman–Crippen MR) is 119 cm³/mol. The lowest BCUT2D eigenvalue weighted by molar-refractivity contribution is -0.131. The fraction of sp³-hybridized carbons (Fsp3) is 0.538. The van der Waals surface area contributed by atoms with E-state index in [0.29, 0.717) is 23.5 Å². The van der Waals surface area contributed by atoms with Crippen molar-refractivity contribution in [3.05, 3.63) is 46.7 Å². The molecule has 1 aromatic heterocycles. The van der Waals surface area contributed by atoms with E-state index in [1.807, 2.05) is 12.1 Å². The molecule has 1 aromatic carbocycles. The van der Waals surface area contributed by atoms with Gasteiger partial charge in [0.25, 0.3) is 0 Å². The Labute approximate surface area is 181 Å². The number of Topliss-reactive ketones (excluding diaryl/α,β-unsaturated/α-hetero) is 1. The van der Waals surface area contributed by atoms with Gasteiger partial charge in [0.05, 0.1) is 10.6 Å². The molecule has 156 valence electrons. The zero-order valence-corrected chi connectivity index (χ0v) is 18.5. The number of hydrogen-bond donors (Lipinski definition) is 0. The molecule has 5 atom stereocenters. The van der Waals surface area contributed by atoms with Crippen molar-refractivity contribution >= 4 is 22.7 Å². The van der Waals surface area contributed by atoms with E-state index in [2.05, 4.69) is 19.9 Å². The van der Waals surface area contributed by atoms with Crippen molar-refractivity contribution in [1.29, 1.82) is 0 Å². The van der Waals surface area contributed by atoms with Crippen molar-refractivity contribution in [2.24, 2.45) is 28.6 Å². The van der Waals surface area contributed by atoms with Crippen molar-refractivity contribution in [2.75, 3.05) is 0 Å². The van der Waals surface area contributed by atoms with E-state index in [0.717, 1.165) is 49.1 Å². The molecule has 0 N–H and O–H groups in total. The highest BCUT2D eigenvalue weighted by Gasteiger charge is 2.58. The first kappa shape index (κ1) is 18.9. The molecular weight excluding hydrogens is 393 g/mol. The van der Waals surface area contributed by atoms with Crippen molar-refractivity contribution in [1.82, 2.24) is 4.98 Å². The summed E-state index contributed by atoms with van der Waals surface area (Å²) < 4.78 is 13.4. The van der Waals surface area contributed by atoms with Gasteiger partial charge in [0.15, 0.2) is 0 Å². The second kappa shape index (κ2) is 6.35. The lowest BCUT2D eigenvalue weighted by Crippen LogP contribution is -2.49. The number of aryl methyl sites for hydroxylation is 1. The number of carbonyl (C=O) groups is 1. The van der Waals surface area contributed by atoms with Crippen molar-refractivity contribution in [2.45, 2.75) is 58.8 Å². The molecule has 4 aliphatic rings. The Balaban J connectivity index is 1.39. The topological polar surface area (TPSA) is 30.0 Å². The number of rotatable bonds is 1. The van der Waals surface area contributed by atoms with Crippen LogP contribution in [-0.4, -0.2) is 10.8 Å². The van der Waals surface area contributed by atoms with Gasteiger partial charge < -0.3 is 0 Å². The van der Waals surface area contributed by atoms with Crippen LogP contribution in [0.5, 0.6) is 0 Å². The van der Waals surface area contributed by atoms with E-state index in [1.54, 1.807) is 11.3 Å². The molecule has 1 heterocycles. The fourth-order valence-corrected chi connectivity index (χ4v) is 8.66. The third-order valence-corrected chi connectivity index (χ3v) is 10.3. The third-order valence-electron chi connectivity index (χ3n) is 9.09. The van der Waals surface area contributed by atoms with Crippen LogP contribution in [0, 0.1) is 34.4 Å². The molecule has 2 nitrogen and oxygen atoms in total. The van der Waals surface area contributed by atoms with E-state index in [-0.39, 0.29) is 16.6 Å². The van der Waals surface area contributed by atoms with Gasteiger partial charge in [-0.3, -0.25) is 4.79 Å². The zero-order valence-electron chi connectivity index (χ0n) is 17.7. The number of aromatic nitrogens is 1. The van der Waals surface area contributed by atoms with Crippen LogP contribution in [0.4, 0.5) is 4.39 Å². The number of benzene rings is 1. The summed E-state index contributed by atoms with van der Waals surface area (Å²) in [7, 11) is 0. The van der Waals surface area contributed by atoms with Gasteiger partial charge in [0.1, 0.15) is 16.6 Å². The standard InChI is InChI=1S/C26H28FNOS/c1-25-14-12-21-23(30-24(28-21)15-3-5-16(27)6-4-15)20(25)8-7-17-18-9-10-22(29)26(18,2)13-11-19(17)25/h3-6,8,17-19H,7,9-14H2,1-2H3/t17-,18-,19-,25+,26-/m0/s1. The average Bonchev–Trinajstić information content (AvgIpc) is 3.29. The van der Waals surface area contributed by atoms with Crippen LogP contribution >= 0.6 is 11.3 Å². The van der Waals surface area contributed by atoms with E-state index in [9.17, 15) is 9.18 Å². The Hall–Kier alpha value is -1.81. The Kier molecular flexibility index (Phi) is 4.01. The molecule has 2 aromatic rings. The van der Waals surface area contributed by atoms with Gasteiger partial charge in [0, 0.05) is 17.4 Å². The largest absolute Gasteiger partial charge is 0.299 e. The summed E-state index contributed by atoms with van der Waals surface area (Å²) in [6.45, 7) is 4.73. The van der Waals surface area contributed by atoms with E-state index >= 15 is 0 Å². The molecule has 2 saturated carbocycles. The number of allylic oxidation sites excluding steroid dienone is 2. The molecule has 0 saturated heterocycles. The van der Waals surface area contributed by atoms with Gasteiger partial charge in [-0.05, 0) is 91.5 Å². The van der Waals surface area contributed by atoms with Gasteiger partial charge in [-0.1, -0.05) is 19.9 Å². The summed E-state index contributed by atoms with van der Waals surface area (Å²) in [5.74, 6) is 2.20. The van der Waals surface area contributed by atoms with Crippen LogP contribution in [-0.2, 0) is 11.2 Å². The Morgan fingerprint density at radius 3 is 2.60 bits per heavy atom. The fourth-order valence-electron chi connectivity index (χ4n) is 7.36. The number of fused-ring (bicyclic) bond motifs is 7. The lowest BCUT2D eigenvalue weighted by atomic mass is 9.48. The van der Waals surface area contributed by atoms with E-state index in [4.69, 9.17) is 4.98 Å². The maximum Gasteiger partial charge on any atom is 0.139 e. The van der Waals surface area contributed by atoms with Crippen LogP contribution in [0.2, 0.25) is 0 Å². The van der Waals surface area contributed by atoms with Crippen LogP contribution in [0.25, 0.3) is 16.1 Å². The minimum atomic E-state index is -0.205. The van der Waals surface area contributed by atoms with Gasteiger partial charge >= 0.3 is 0 Å². The first-order chi connectivity index (χ1) is 14.4. The Bertz CT molecular complexity index is 1070. The SMILES string of the molecule is C[C@]12CCc3nc(-c4ccc(F)cc4)sc3C1=CC[C@@H]1[C@@H]2CC[C@]2(C)C(=O)CC[C@@H]12. The zero-order chi connectivity index (χ0) is 20.7. The number of thiazole rings is 1. The monoisotopic (exact) mass is 421 g/mol. The molecule has 0 bridgehead atoms. The summed E-state index contributed by atoms with van der Waals surface area (Å²) >= 11 is 1.78. The van der Waals surface area contributed by atoms with E-state index in [1.165, 1.54) is 34.7 Å². The summed E-state index contributed by atoms with van der Waals surface area (Å²) in [5.41, 5.74) is 3.85. The van der Waals surface area contributed by atoms with Crippen LogP contribution < -0.4 is 0 Å². The second-order valence-corrected chi connectivity index (χ2v) is 11.4. The molecule has 2 fully saturated rings. The summed E-state index contributed by atoms with van der Waals surface area (Å²) in [5, 5.41) is 1.00. The molecule has 4 aliphatic carbocycles. The maximum atomic E-state index is 13.4. The lowest BCUT2D eigenvalue weighted by Gasteiger charge is -2.55. The predicted octanol–water partition coefficient (Wildman–Crippen LogP) is 6.70.